The molecule has 7 atom stereocenters. The Morgan fingerprint density at radius 3 is 2.29 bits per heavy atom. The zero-order valence-electron chi connectivity index (χ0n) is 56.9. The van der Waals surface area contributed by atoms with Gasteiger partial charge < -0.3 is 54.7 Å². The number of para-hydroxylation sites is 1. The summed E-state index contributed by atoms with van der Waals surface area (Å²) in [6.07, 6.45) is 3.45. The number of ketones is 1. The highest BCUT2D eigenvalue weighted by atomic mass is 32.1. The number of pyridine rings is 1. The molecule has 0 radical (unpaired) electrons. The summed E-state index contributed by atoms with van der Waals surface area (Å²) in [7, 11) is 1.64. The van der Waals surface area contributed by atoms with Gasteiger partial charge in [-0.2, -0.15) is 5.10 Å². The van der Waals surface area contributed by atoms with Crippen molar-refractivity contribution in [2.75, 3.05) is 38.6 Å². The van der Waals surface area contributed by atoms with Crippen LogP contribution in [0.25, 0.3) is 43.4 Å². The molecule has 13 rings (SSSR count). The topological polar surface area (TPSA) is 349 Å². The van der Waals surface area contributed by atoms with Gasteiger partial charge in [0.05, 0.1) is 34.3 Å². The summed E-state index contributed by atoms with van der Waals surface area (Å²) < 4.78 is 27.1. The number of rotatable bonds is 30. The number of carboxylic acids is 2. The fourth-order valence-electron chi connectivity index (χ4n) is 16.7. The van der Waals surface area contributed by atoms with Crippen LogP contribution in [0.1, 0.15) is 141 Å². The molecule has 2 aliphatic heterocycles. The third-order valence-electron chi connectivity index (χ3n) is 20.4. The Hall–Kier alpha value is -9.31. The van der Waals surface area contributed by atoms with Crippen LogP contribution in [0.2, 0.25) is 0 Å². The molecule has 5 heterocycles. The summed E-state index contributed by atoms with van der Waals surface area (Å²) in [5, 5.41) is 64.6. The monoisotopic (exact) mass is 1400 g/mol. The SMILES string of the molecule is Cc1c(-c2ccc(-c3ccc4cccc(C(=O)Nc5nc6ccccc6s5)c4c3)nc2C(=O)O)cnn1CC12CC3(C)CC(C)(C1)CC(OCCN(C)C(=O)OCc1ccc(O[C@@H]4O[C@H](C(=O)O)[C@@H](O)[C@H](O)[C@H]4O)cc1CCCCNC(=O)CCC(=O)CCCCCN1C(=O)C=CC1=O)(C3)C2. The summed E-state index contributed by atoms with van der Waals surface area (Å²) in [6.45, 7) is 8.12. The molecule has 7 aromatic rings. The van der Waals surface area contributed by atoms with Gasteiger partial charge in [0.1, 0.15) is 36.5 Å². The number of aliphatic hydroxyl groups is 3. The Bertz CT molecular complexity index is 4330. The van der Waals surface area contributed by atoms with Crippen molar-refractivity contribution in [1.82, 2.24) is 34.9 Å². The normalized spacial score (nSPS) is 24.3. The number of imide groups is 1. The third-order valence-corrected chi connectivity index (χ3v) is 21.3. The average molecular weight is 1400 g/mol. The number of ether oxygens (including phenoxy) is 4. The quantitative estimate of drug-likeness (QED) is 0.0163. The van der Waals surface area contributed by atoms with Gasteiger partial charge in [-0.1, -0.05) is 74.1 Å². The number of nitrogens with one attached hydrogen (secondary N) is 2. The van der Waals surface area contributed by atoms with Crippen LogP contribution >= 0.6 is 11.3 Å². The van der Waals surface area contributed by atoms with Crippen LogP contribution in [0.4, 0.5) is 9.93 Å². The van der Waals surface area contributed by atoms with E-state index in [4.69, 9.17) is 29.0 Å². The minimum Gasteiger partial charge on any atom is -0.479 e. The van der Waals surface area contributed by atoms with E-state index in [9.17, 15) is 63.9 Å². The van der Waals surface area contributed by atoms with E-state index in [2.05, 4.69) is 29.5 Å². The van der Waals surface area contributed by atoms with Crippen LogP contribution < -0.4 is 15.4 Å². The fraction of sp³-hybridized carbons (Fsp3) is 0.453. The number of carbonyl (C=O) groups is 8. The van der Waals surface area contributed by atoms with Crippen LogP contribution in [0.15, 0.2) is 109 Å². The summed E-state index contributed by atoms with van der Waals surface area (Å²) >= 11 is 1.39. The van der Waals surface area contributed by atoms with E-state index in [-0.39, 0.29) is 103 Å². The maximum Gasteiger partial charge on any atom is 0.409 e. The number of fused-ring (bicyclic) bond motifs is 2. The highest BCUT2D eigenvalue weighted by Gasteiger charge is 2.66. The molecule has 5 fully saturated rings. The molecule has 1 saturated heterocycles. The number of Topliss-reactive ketones (excluding diaryl/α,β-unsaturated/α-hetero) is 1. The first-order valence-corrected chi connectivity index (χ1v) is 35.1. The molecule has 0 spiro atoms. The highest BCUT2D eigenvalue weighted by Crippen LogP contribution is 2.72. The number of benzene rings is 4. The van der Waals surface area contributed by atoms with E-state index in [1.165, 1.54) is 34.5 Å². The lowest BCUT2D eigenvalue weighted by Crippen LogP contribution is -2.64. The van der Waals surface area contributed by atoms with Crippen LogP contribution in [0.3, 0.4) is 0 Å². The maximum atomic E-state index is 13.8. The van der Waals surface area contributed by atoms with Gasteiger partial charge in [-0.25, -0.2) is 24.4 Å². The second kappa shape index (κ2) is 29.7. The van der Waals surface area contributed by atoms with Crippen LogP contribution in [-0.4, -0.2) is 172 Å². The molecule has 532 valence electrons. The Morgan fingerprint density at radius 1 is 0.762 bits per heavy atom. The van der Waals surface area contributed by atoms with Crippen molar-refractivity contribution in [1.29, 1.82) is 0 Å². The zero-order valence-corrected chi connectivity index (χ0v) is 57.7. The maximum absolute atomic E-state index is 13.8. The first-order chi connectivity index (χ1) is 48.3. The van der Waals surface area contributed by atoms with Crippen LogP contribution in [0.5, 0.6) is 5.75 Å². The van der Waals surface area contributed by atoms with Crippen molar-refractivity contribution in [2.24, 2.45) is 16.2 Å². The van der Waals surface area contributed by atoms with E-state index in [1.807, 2.05) is 66.2 Å². The van der Waals surface area contributed by atoms with Gasteiger partial charge in [0.15, 0.2) is 16.9 Å². The molecular formula is C75H84N8O17S. The number of hydrogen-bond donors (Lipinski definition) is 7. The molecule has 4 bridgehead atoms. The van der Waals surface area contributed by atoms with E-state index in [0.29, 0.717) is 101 Å². The van der Waals surface area contributed by atoms with Gasteiger partial charge >= 0.3 is 18.0 Å². The molecule has 7 N–H and O–H groups in total. The van der Waals surface area contributed by atoms with Gasteiger partial charge in [-0.05, 0) is 164 Å². The van der Waals surface area contributed by atoms with E-state index in [0.717, 1.165) is 64.7 Å². The van der Waals surface area contributed by atoms with E-state index >= 15 is 0 Å². The first-order valence-electron chi connectivity index (χ1n) is 34.3. The summed E-state index contributed by atoms with van der Waals surface area (Å²) in [5.74, 6) is -3.98. The van der Waals surface area contributed by atoms with Crippen molar-refractivity contribution >= 4 is 84.9 Å². The number of unbranched alkanes of at least 4 members (excludes halogenated alkanes) is 3. The van der Waals surface area contributed by atoms with Crippen molar-refractivity contribution in [2.45, 2.75) is 167 Å². The van der Waals surface area contributed by atoms with Gasteiger partial charge in [0.25, 0.3) is 17.7 Å². The van der Waals surface area contributed by atoms with Crippen LogP contribution in [0, 0.1) is 23.2 Å². The lowest BCUT2D eigenvalue weighted by atomic mass is 9.39. The fourth-order valence-corrected chi connectivity index (χ4v) is 17.5. The number of aliphatic carboxylic acids is 1. The van der Waals surface area contributed by atoms with Gasteiger partial charge in [0, 0.05) is 92.6 Å². The number of likely N-dealkylation sites (N-methyl/N-ethyl adjacent to an activating group) is 1. The third kappa shape index (κ3) is 16.1. The average Bonchev–Trinajstić information content (AvgIpc) is 0.740. The second-order valence-corrected chi connectivity index (χ2v) is 29.7. The largest absolute Gasteiger partial charge is 0.479 e. The number of hydrogen-bond acceptors (Lipinski definition) is 19. The number of thiazole rings is 1. The Balaban J connectivity index is 0.657. The molecule has 5 amide bonds. The van der Waals surface area contributed by atoms with Gasteiger partial charge in [-0.15, -0.1) is 0 Å². The lowest BCUT2D eigenvalue weighted by Gasteiger charge is -2.69. The zero-order chi connectivity index (χ0) is 71.5. The summed E-state index contributed by atoms with van der Waals surface area (Å²) in [4.78, 5) is 113. The molecule has 25 nitrogen and oxygen atoms in total. The van der Waals surface area contributed by atoms with Crippen molar-refractivity contribution in [3.05, 3.63) is 137 Å². The number of carboxylic acid groups (broad SMARTS) is 2. The van der Waals surface area contributed by atoms with E-state index < -0.39 is 54.3 Å². The number of aliphatic hydroxyl groups excluding tert-OH is 3. The number of nitrogens with zero attached hydrogens (tertiary/aromatic N) is 6. The van der Waals surface area contributed by atoms with Gasteiger partial charge in [-0.3, -0.25) is 38.9 Å². The standard InChI is InChI=1S/C75H84N8O17S/c1-44-54(51-24-25-55(78-61(51)67(92)93)47-20-19-45-14-12-16-52(53(45)34-47)66(91)80-70-79-56-17-7-8-18-57(56)101-70)35-77-83(44)43-74-38-72(2)37-73(3,39-74)41-75(40-72,42-74)98-32-31-81(4)71(96)97-36-48-21-23-50(99-69-64(90)62(88)63(89)65(100-69)68(94)95)33-46(48)13-9-10-29-76-58(85)26-22-49(84)15-6-5-11-30-82-59(86)27-28-60(82)87/h7-8,12,14,16-21,23-25,27-28,33-35,62-65,69,88-90H,5-6,9-11,13,15,22,26,29-32,36-43H2,1-4H3,(H,76,85)(H,92,93)(H,94,95)(H,79,80,91)/t62-,63-,64+,65-,69+,72?,73?,74?,75?/m0/s1. The smallest absolute Gasteiger partial charge is 0.409 e. The van der Waals surface area contributed by atoms with Gasteiger partial charge in [0.2, 0.25) is 12.2 Å². The lowest BCUT2D eigenvalue weighted by molar-refractivity contribution is -0.271. The van der Waals surface area contributed by atoms with Crippen LogP contribution in [-0.2, 0) is 57.8 Å². The van der Waals surface area contributed by atoms with Crippen molar-refractivity contribution in [3.8, 4) is 28.1 Å². The minimum absolute atomic E-state index is 0.0176. The number of amides is 5. The van der Waals surface area contributed by atoms with E-state index in [1.54, 1.807) is 43.6 Å². The number of anilines is 1. The molecule has 4 aromatic carbocycles. The predicted molar refractivity (Wildman–Crippen MR) is 371 cm³/mol. The number of carbonyl (C=O) groups excluding carboxylic acids is 6. The molecule has 3 aromatic heterocycles. The number of aryl methyl sites for hydroxylation is 1. The molecule has 4 saturated carbocycles. The Morgan fingerprint density at radius 2 is 1.53 bits per heavy atom. The minimum atomic E-state index is -1.92. The molecule has 26 heteroatoms. The number of aromatic nitrogens is 4. The molecular weight excluding hydrogens is 1320 g/mol. The Kier molecular flexibility index (Phi) is 21.0. The molecule has 2 unspecified atom stereocenters. The Labute approximate surface area is 586 Å². The molecule has 4 aliphatic carbocycles. The summed E-state index contributed by atoms with van der Waals surface area (Å²) in [6, 6.07) is 27.1. The molecule has 6 aliphatic rings. The molecule has 101 heavy (non-hydrogen) atoms. The second-order valence-electron chi connectivity index (χ2n) is 28.7. The van der Waals surface area contributed by atoms with Crippen molar-refractivity contribution in [3.63, 3.8) is 0 Å². The summed E-state index contributed by atoms with van der Waals surface area (Å²) in [5.41, 5.74) is 4.55. The predicted octanol–water partition coefficient (Wildman–Crippen LogP) is 9.58. The van der Waals surface area contributed by atoms with Crippen molar-refractivity contribution < 1.29 is 82.8 Å². The first kappa shape index (κ1) is 71.5. The highest BCUT2D eigenvalue weighted by molar-refractivity contribution is 7.22. The number of aromatic carboxylic acids is 1.